The lowest BCUT2D eigenvalue weighted by Gasteiger charge is -2.35. The largest absolute Gasteiger partial charge is 0.393 e. The fraction of sp³-hybridized carbons (Fsp3) is 0.333. The van der Waals surface area contributed by atoms with Crippen LogP contribution in [0.25, 0.3) is 0 Å². The van der Waals surface area contributed by atoms with Crippen LogP contribution in [0.3, 0.4) is 0 Å². The molecule has 2 aromatic heterocycles. The summed E-state index contributed by atoms with van der Waals surface area (Å²) in [6.45, 7) is 3.00. The van der Waals surface area contributed by atoms with Gasteiger partial charge in [0.2, 0.25) is 0 Å². The second kappa shape index (κ2) is 8.31. The van der Waals surface area contributed by atoms with Gasteiger partial charge < -0.3 is 10.6 Å². The van der Waals surface area contributed by atoms with Crippen molar-refractivity contribution in [3.05, 3.63) is 47.8 Å². The van der Waals surface area contributed by atoms with Gasteiger partial charge >= 0.3 is 35.5 Å². The van der Waals surface area contributed by atoms with Crippen LogP contribution in [-0.4, -0.2) is 45.5 Å². The number of carbonyl (C=O) groups is 2. The summed E-state index contributed by atoms with van der Waals surface area (Å²) in [5, 5.41) is 2.29. The van der Waals surface area contributed by atoms with Crippen molar-refractivity contribution in [1.82, 2.24) is 9.97 Å². The number of hydrogen-bond donors (Lipinski definition) is 2. The van der Waals surface area contributed by atoms with E-state index in [0.717, 1.165) is 35.2 Å². The van der Waals surface area contributed by atoms with Gasteiger partial charge in [0.1, 0.15) is 11.6 Å². The van der Waals surface area contributed by atoms with Crippen LogP contribution in [0.1, 0.15) is 11.1 Å². The van der Waals surface area contributed by atoms with Crippen LogP contribution < -0.4 is 10.6 Å². The predicted octanol–water partition coefficient (Wildman–Crippen LogP) is 4.21. The fourth-order valence-corrected chi connectivity index (χ4v) is 2.15. The number of halogens is 8. The zero-order valence-electron chi connectivity index (χ0n) is 16.2. The highest BCUT2D eigenvalue weighted by Crippen LogP contribution is 2.53. The van der Waals surface area contributed by atoms with Gasteiger partial charge in [0.15, 0.2) is 0 Å². The van der Waals surface area contributed by atoms with Gasteiger partial charge in [-0.15, -0.1) is 0 Å². The number of alkyl halides is 8. The first kappa shape index (κ1) is 24.9. The van der Waals surface area contributed by atoms with Crippen molar-refractivity contribution in [3.8, 4) is 0 Å². The smallest absolute Gasteiger partial charge is 0.305 e. The number of nitrogens with one attached hydrogen (secondary N) is 2. The third-order valence-corrected chi connectivity index (χ3v) is 4.06. The van der Waals surface area contributed by atoms with Crippen molar-refractivity contribution in [2.75, 3.05) is 10.6 Å². The molecular formula is C18H14F8N4O2. The normalized spacial score (nSPS) is 12.9. The van der Waals surface area contributed by atoms with Crippen LogP contribution >= 0.6 is 0 Å². The van der Waals surface area contributed by atoms with Crippen LogP contribution in [0.2, 0.25) is 0 Å². The Bertz CT molecular complexity index is 914. The number of aryl methyl sites for hydroxylation is 2. The molecule has 0 bridgehead atoms. The minimum atomic E-state index is -6.99. The summed E-state index contributed by atoms with van der Waals surface area (Å²) < 4.78 is 112. The van der Waals surface area contributed by atoms with Crippen LogP contribution in [0.15, 0.2) is 36.7 Å². The van der Waals surface area contributed by atoms with Gasteiger partial charge in [-0.25, -0.2) is 9.97 Å². The molecule has 2 heterocycles. The minimum absolute atomic E-state index is 0.473. The van der Waals surface area contributed by atoms with Crippen molar-refractivity contribution >= 4 is 23.5 Å². The maximum Gasteiger partial charge on any atom is 0.393 e. The zero-order chi connectivity index (χ0) is 24.5. The van der Waals surface area contributed by atoms with Gasteiger partial charge in [0, 0.05) is 12.4 Å². The lowest BCUT2D eigenvalue weighted by molar-refractivity contribution is -0.345. The molecule has 0 fully saturated rings. The van der Waals surface area contributed by atoms with Crippen molar-refractivity contribution in [2.45, 2.75) is 37.5 Å². The summed E-state index contributed by atoms with van der Waals surface area (Å²) in [6, 6.07) is 4.20. The SMILES string of the molecule is Cc1ccc(NC(=O)C(F)(F)C(F)(F)C(F)(F)C(F)(F)C(=O)Nc2ccc(C)cn2)nc1. The molecule has 0 aliphatic rings. The highest BCUT2D eigenvalue weighted by molar-refractivity contribution is 5.98. The minimum Gasteiger partial charge on any atom is -0.305 e. The summed E-state index contributed by atoms with van der Waals surface area (Å²) in [7, 11) is 0. The topological polar surface area (TPSA) is 84.0 Å². The lowest BCUT2D eigenvalue weighted by Crippen LogP contribution is -2.67. The molecule has 0 saturated carbocycles. The van der Waals surface area contributed by atoms with Crippen LogP contribution in [-0.2, 0) is 9.59 Å². The maximum absolute atomic E-state index is 14.0. The predicted molar refractivity (Wildman–Crippen MR) is 95.0 cm³/mol. The second-order valence-corrected chi connectivity index (χ2v) is 6.65. The van der Waals surface area contributed by atoms with Gasteiger partial charge in [-0.3, -0.25) is 9.59 Å². The molecule has 2 amide bonds. The average Bonchev–Trinajstić information content (AvgIpc) is 2.70. The van der Waals surface area contributed by atoms with Gasteiger partial charge in [0.05, 0.1) is 0 Å². The highest BCUT2D eigenvalue weighted by Gasteiger charge is 2.84. The van der Waals surface area contributed by atoms with Crippen molar-refractivity contribution < 1.29 is 44.7 Å². The average molecular weight is 470 g/mol. The summed E-state index contributed by atoms with van der Waals surface area (Å²) in [6.07, 6.45) is 2.05. The Morgan fingerprint density at radius 2 is 0.969 bits per heavy atom. The van der Waals surface area contributed by atoms with Gasteiger partial charge in [-0.05, 0) is 37.1 Å². The van der Waals surface area contributed by atoms with Crippen molar-refractivity contribution in [1.29, 1.82) is 0 Å². The molecule has 174 valence electrons. The van der Waals surface area contributed by atoms with E-state index in [1.54, 1.807) is 0 Å². The van der Waals surface area contributed by atoms with E-state index in [9.17, 15) is 44.7 Å². The molecule has 0 atom stereocenters. The quantitative estimate of drug-likeness (QED) is 0.594. The lowest BCUT2D eigenvalue weighted by atomic mass is 9.97. The summed E-state index contributed by atoms with van der Waals surface area (Å²) in [5.74, 6) is -34.2. The molecule has 0 unspecified atom stereocenters. The number of carbonyl (C=O) groups excluding carboxylic acids is 2. The van der Waals surface area contributed by atoms with E-state index in [0.29, 0.717) is 11.1 Å². The summed E-state index contributed by atoms with van der Waals surface area (Å²) in [5.41, 5.74) is 0.945. The number of pyridine rings is 2. The first-order valence-electron chi connectivity index (χ1n) is 8.53. The monoisotopic (exact) mass is 470 g/mol. The van der Waals surface area contributed by atoms with E-state index in [1.165, 1.54) is 26.0 Å². The van der Waals surface area contributed by atoms with Crippen LogP contribution in [0.5, 0.6) is 0 Å². The van der Waals surface area contributed by atoms with E-state index < -0.39 is 47.1 Å². The second-order valence-electron chi connectivity index (χ2n) is 6.65. The number of aromatic nitrogens is 2. The first-order chi connectivity index (χ1) is 14.5. The Morgan fingerprint density at radius 3 is 1.22 bits per heavy atom. The van der Waals surface area contributed by atoms with Gasteiger partial charge in [0.25, 0.3) is 0 Å². The molecule has 0 aliphatic carbocycles. The van der Waals surface area contributed by atoms with Crippen molar-refractivity contribution in [3.63, 3.8) is 0 Å². The Balaban J connectivity index is 2.30. The first-order valence-corrected chi connectivity index (χ1v) is 8.53. The molecule has 0 saturated heterocycles. The number of rotatable bonds is 7. The third kappa shape index (κ3) is 4.34. The maximum atomic E-state index is 14.0. The molecule has 6 nitrogen and oxygen atoms in total. The van der Waals surface area contributed by atoms with Gasteiger partial charge in [-0.2, -0.15) is 35.1 Å². The highest BCUT2D eigenvalue weighted by atomic mass is 19.4. The molecule has 2 N–H and O–H groups in total. The van der Waals surface area contributed by atoms with E-state index in [2.05, 4.69) is 9.97 Å². The third-order valence-electron chi connectivity index (χ3n) is 4.06. The molecule has 0 spiro atoms. The number of anilines is 2. The molecule has 0 radical (unpaired) electrons. The van der Waals surface area contributed by atoms with E-state index in [4.69, 9.17) is 0 Å². The molecule has 2 aromatic rings. The molecule has 0 aliphatic heterocycles. The Labute approximate surface area is 175 Å². The van der Waals surface area contributed by atoms with Crippen LogP contribution in [0.4, 0.5) is 46.8 Å². The van der Waals surface area contributed by atoms with Crippen LogP contribution in [0, 0.1) is 13.8 Å². The van der Waals surface area contributed by atoms with E-state index in [-0.39, 0.29) is 0 Å². The number of amides is 2. The Morgan fingerprint density at radius 1 is 0.656 bits per heavy atom. The number of hydrogen-bond acceptors (Lipinski definition) is 4. The fourth-order valence-electron chi connectivity index (χ4n) is 2.15. The summed E-state index contributed by atoms with van der Waals surface area (Å²) in [4.78, 5) is 29.9. The Hall–Kier alpha value is -3.32. The molecule has 14 heteroatoms. The van der Waals surface area contributed by atoms with E-state index in [1.807, 2.05) is 0 Å². The van der Waals surface area contributed by atoms with E-state index >= 15 is 0 Å². The molecular weight excluding hydrogens is 456 g/mol. The standard InChI is InChI=1S/C18H14F8N4O2/c1-9-3-5-11(27-7-9)29-13(31)15(19,20)17(23,24)18(25,26)16(21,22)14(32)30-12-6-4-10(2)8-28-12/h3-8H,1-2H3,(H,27,29,31)(H,28,30,32). The molecule has 32 heavy (non-hydrogen) atoms. The van der Waals surface area contributed by atoms with Gasteiger partial charge in [-0.1, -0.05) is 12.1 Å². The molecule has 2 rings (SSSR count). The zero-order valence-corrected chi connectivity index (χ0v) is 16.2. The molecule has 0 aromatic carbocycles. The summed E-state index contributed by atoms with van der Waals surface area (Å²) >= 11 is 0. The van der Waals surface area contributed by atoms with Crippen molar-refractivity contribution in [2.24, 2.45) is 0 Å². The number of nitrogens with zero attached hydrogens (tertiary/aromatic N) is 2. The Kier molecular flexibility index (Phi) is 6.48.